The first-order valence-corrected chi connectivity index (χ1v) is 4.94. The molecule has 0 atom stereocenters. The van der Waals surface area contributed by atoms with Crippen LogP contribution in [0, 0.1) is 18.3 Å². The third-order valence-corrected chi connectivity index (χ3v) is 2.73. The van der Waals surface area contributed by atoms with Crippen molar-refractivity contribution >= 4 is 15.9 Å². The van der Waals surface area contributed by atoms with Crippen molar-refractivity contribution < 1.29 is 0 Å². The molecule has 1 aromatic carbocycles. The van der Waals surface area contributed by atoms with Gasteiger partial charge in [-0.05, 0) is 38.0 Å². The van der Waals surface area contributed by atoms with E-state index in [0.717, 1.165) is 10.0 Å². The van der Waals surface area contributed by atoms with Crippen LogP contribution in [0.25, 0.3) is 0 Å². The van der Waals surface area contributed by atoms with Gasteiger partial charge < -0.3 is 0 Å². The van der Waals surface area contributed by atoms with E-state index in [4.69, 9.17) is 5.26 Å². The molecule has 0 fully saturated rings. The smallest absolute Gasteiger partial charge is 0.0777 e. The molecule has 0 N–H and O–H groups in total. The van der Waals surface area contributed by atoms with Gasteiger partial charge in [0.2, 0.25) is 0 Å². The molecule has 2 heteroatoms. The molecule has 1 rings (SSSR count). The predicted octanol–water partition coefficient (Wildman–Crippen LogP) is 3.56. The van der Waals surface area contributed by atoms with Crippen molar-refractivity contribution in [1.82, 2.24) is 0 Å². The van der Waals surface area contributed by atoms with Crippen LogP contribution in [0.2, 0.25) is 0 Å². The van der Waals surface area contributed by atoms with E-state index in [9.17, 15) is 0 Å². The number of nitrogens with zero attached hydrogens (tertiary/aromatic N) is 1. The Morgan fingerprint density at radius 3 is 2.46 bits per heavy atom. The van der Waals surface area contributed by atoms with E-state index in [1.54, 1.807) is 0 Å². The summed E-state index contributed by atoms with van der Waals surface area (Å²) in [5.41, 5.74) is 1.82. The zero-order valence-electron chi connectivity index (χ0n) is 8.06. The van der Waals surface area contributed by atoms with Crippen LogP contribution in [0.3, 0.4) is 0 Å². The van der Waals surface area contributed by atoms with E-state index in [1.807, 2.05) is 39.0 Å². The van der Waals surface area contributed by atoms with Gasteiger partial charge in [-0.3, -0.25) is 0 Å². The Bertz CT molecular complexity index is 361. The lowest BCUT2D eigenvalue weighted by atomic mass is 9.86. The fraction of sp³-hybridized carbons (Fsp3) is 0.364. The third kappa shape index (κ3) is 2.10. The number of benzene rings is 1. The molecule has 0 heterocycles. The molecule has 1 aromatic rings. The summed E-state index contributed by atoms with van der Waals surface area (Å²) in [6, 6.07) is 8.35. The Kier molecular flexibility index (Phi) is 2.77. The number of rotatable bonds is 1. The molecule has 13 heavy (non-hydrogen) atoms. The van der Waals surface area contributed by atoms with Gasteiger partial charge in [0, 0.05) is 4.47 Å². The Labute approximate surface area is 87.5 Å². The van der Waals surface area contributed by atoms with Crippen LogP contribution in [-0.4, -0.2) is 0 Å². The van der Waals surface area contributed by atoms with Crippen molar-refractivity contribution in [3.63, 3.8) is 0 Å². The minimum absolute atomic E-state index is 0.424. The minimum atomic E-state index is -0.424. The first kappa shape index (κ1) is 10.3. The van der Waals surface area contributed by atoms with Crippen LogP contribution in [0.5, 0.6) is 0 Å². The van der Waals surface area contributed by atoms with Crippen molar-refractivity contribution in [3.8, 4) is 6.07 Å². The van der Waals surface area contributed by atoms with Crippen LogP contribution in [0.4, 0.5) is 0 Å². The van der Waals surface area contributed by atoms with Gasteiger partial charge in [0.15, 0.2) is 0 Å². The summed E-state index contributed by atoms with van der Waals surface area (Å²) >= 11 is 3.47. The van der Waals surface area contributed by atoms with Gasteiger partial charge in [0.05, 0.1) is 11.5 Å². The molecule has 0 radical (unpaired) electrons. The largest absolute Gasteiger partial charge is 0.197 e. The molecule has 0 aliphatic rings. The number of nitriles is 1. The molecular formula is C11H12BrN. The van der Waals surface area contributed by atoms with Crippen LogP contribution >= 0.6 is 15.9 Å². The average Bonchev–Trinajstić information content (AvgIpc) is 2.03. The SMILES string of the molecule is Cc1ccc(C(C)(C)C#N)c(Br)c1. The molecule has 0 saturated carbocycles. The first-order valence-electron chi connectivity index (χ1n) is 4.15. The molecule has 0 spiro atoms. The maximum absolute atomic E-state index is 8.97. The molecule has 0 amide bonds. The van der Waals surface area contributed by atoms with E-state index in [-0.39, 0.29) is 0 Å². The quantitative estimate of drug-likeness (QED) is 0.733. The molecule has 0 saturated heterocycles. The zero-order chi connectivity index (χ0) is 10.1. The van der Waals surface area contributed by atoms with Gasteiger partial charge in [-0.2, -0.15) is 5.26 Å². The lowest BCUT2D eigenvalue weighted by Crippen LogP contribution is -2.14. The fourth-order valence-electron chi connectivity index (χ4n) is 1.19. The average molecular weight is 238 g/mol. The van der Waals surface area contributed by atoms with E-state index in [2.05, 4.69) is 22.0 Å². The van der Waals surface area contributed by atoms with Gasteiger partial charge in [-0.1, -0.05) is 28.1 Å². The standard InChI is InChI=1S/C11H12BrN/c1-8-4-5-9(10(12)6-8)11(2,3)7-13/h4-6H,1-3H3. The molecule has 0 aliphatic carbocycles. The van der Waals surface area contributed by atoms with Crippen LogP contribution < -0.4 is 0 Å². The Morgan fingerprint density at radius 2 is 2.00 bits per heavy atom. The highest BCUT2D eigenvalue weighted by atomic mass is 79.9. The van der Waals surface area contributed by atoms with E-state index in [1.165, 1.54) is 5.56 Å². The van der Waals surface area contributed by atoms with Crippen molar-refractivity contribution in [1.29, 1.82) is 5.26 Å². The molecule has 0 unspecified atom stereocenters. The lowest BCUT2D eigenvalue weighted by Gasteiger charge is -2.17. The van der Waals surface area contributed by atoms with Crippen LogP contribution in [-0.2, 0) is 5.41 Å². The van der Waals surface area contributed by atoms with E-state index < -0.39 is 5.41 Å². The molecule has 1 nitrogen and oxygen atoms in total. The zero-order valence-corrected chi connectivity index (χ0v) is 9.64. The number of aryl methyl sites for hydroxylation is 1. The van der Waals surface area contributed by atoms with Gasteiger partial charge in [0.25, 0.3) is 0 Å². The molecule has 0 bridgehead atoms. The maximum atomic E-state index is 8.97. The van der Waals surface area contributed by atoms with Gasteiger partial charge in [-0.15, -0.1) is 0 Å². The number of hydrogen-bond acceptors (Lipinski definition) is 1. The number of halogens is 1. The molecule has 0 aromatic heterocycles. The summed E-state index contributed by atoms with van der Waals surface area (Å²) in [7, 11) is 0. The summed E-state index contributed by atoms with van der Waals surface area (Å²) in [6.45, 7) is 5.87. The van der Waals surface area contributed by atoms with E-state index >= 15 is 0 Å². The van der Waals surface area contributed by atoms with Crippen molar-refractivity contribution in [3.05, 3.63) is 33.8 Å². The highest BCUT2D eigenvalue weighted by Crippen LogP contribution is 2.29. The number of hydrogen-bond donors (Lipinski definition) is 0. The summed E-state index contributed by atoms with van der Waals surface area (Å²) < 4.78 is 1.01. The predicted molar refractivity (Wildman–Crippen MR) is 57.5 cm³/mol. The van der Waals surface area contributed by atoms with Gasteiger partial charge in [0.1, 0.15) is 0 Å². The summed E-state index contributed by atoms with van der Waals surface area (Å²) in [4.78, 5) is 0. The molecule has 68 valence electrons. The molecule has 0 aliphatic heterocycles. The summed E-state index contributed by atoms with van der Waals surface area (Å²) in [5.74, 6) is 0. The van der Waals surface area contributed by atoms with Crippen LogP contribution in [0.1, 0.15) is 25.0 Å². The summed E-state index contributed by atoms with van der Waals surface area (Å²) in [5, 5.41) is 8.97. The van der Waals surface area contributed by atoms with Gasteiger partial charge >= 0.3 is 0 Å². The van der Waals surface area contributed by atoms with E-state index in [0.29, 0.717) is 0 Å². The summed E-state index contributed by atoms with van der Waals surface area (Å²) in [6.07, 6.45) is 0. The maximum Gasteiger partial charge on any atom is 0.0777 e. The van der Waals surface area contributed by atoms with Crippen molar-refractivity contribution in [2.45, 2.75) is 26.2 Å². The first-order chi connectivity index (χ1) is 5.97. The Morgan fingerprint density at radius 1 is 1.38 bits per heavy atom. The normalized spacial score (nSPS) is 11.0. The second-order valence-corrected chi connectivity index (χ2v) is 4.57. The van der Waals surface area contributed by atoms with Gasteiger partial charge in [-0.25, -0.2) is 0 Å². The monoisotopic (exact) mass is 237 g/mol. The van der Waals surface area contributed by atoms with Crippen LogP contribution in [0.15, 0.2) is 22.7 Å². The highest BCUT2D eigenvalue weighted by Gasteiger charge is 2.21. The lowest BCUT2D eigenvalue weighted by molar-refractivity contribution is 0.683. The second kappa shape index (κ2) is 3.51. The highest BCUT2D eigenvalue weighted by molar-refractivity contribution is 9.10. The third-order valence-electron chi connectivity index (χ3n) is 2.08. The van der Waals surface area contributed by atoms with Crippen molar-refractivity contribution in [2.24, 2.45) is 0 Å². The molecular weight excluding hydrogens is 226 g/mol. The fourth-order valence-corrected chi connectivity index (χ4v) is 2.18. The Balaban J connectivity index is 3.26. The topological polar surface area (TPSA) is 23.8 Å². The Hall–Kier alpha value is -0.810. The van der Waals surface area contributed by atoms with Crippen molar-refractivity contribution in [2.75, 3.05) is 0 Å². The minimum Gasteiger partial charge on any atom is -0.197 e. The second-order valence-electron chi connectivity index (χ2n) is 3.72.